The summed E-state index contributed by atoms with van der Waals surface area (Å²) in [5.74, 6) is 1.69. The molecule has 38 heavy (non-hydrogen) atoms. The number of likely N-dealkylation sites (tertiary alicyclic amines) is 1. The van der Waals surface area contributed by atoms with Gasteiger partial charge in [0.15, 0.2) is 0 Å². The monoisotopic (exact) mass is 558 g/mol. The molecule has 0 bridgehead atoms. The lowest BCUT2D eigenvalue weighted by Gasteiger charge is -2.41. The van der Waals surface area contributed by atoms with Crippen molar-refractivity contribution >= 4 is 40.2 Å². The number of aliphatic carboxylic acids is 1. The molecule has 1 aromatic heterocycles. The molecule has 1 aliphatic rings. The molecule has 2 heterocycles. The molecule has 204 valence electrons. The molecule has 0 aliphatic carbocycles. The summed E-state index contributed by atoms with van der Waals surface area (Å²) in [5, 5.41) is 22.1. The summed E-state index contributed by atoms with van der Waals surface area (Å²) in [4.78, 5) is 19.8. The summed E-state index contributed by atoms with van der Waals surface area (Å²) in [6.45, 7) is 2.65. The summed E-state index contributed by atoms with van der Waals surface area (Å²) in [6.07, 6.45) is 3.45. The second-order valence-corrected chi connectivity index (χ2v) is 11.5. The average Bonchev–Trinajstić information content (AvgIpc) is 2.92. The first-order chi connectivity index (χ1) is 18.3. The summed E-state index contributed by atoms with van der Waals surface area (Å²) < 4.78 is 10.6. The van der Waals surface area contributed by atoms with E-state index < -0.39 is 12.1 Å². The smallest absolute Gasteiger partial charge is 0.303 e. The van der Waals surface area contributed by atoms with E-state index in [9.17, 15) is 15.0 Å². The number of aromatic nitrogens is 1. The van der Waals surface area contributed by atoms with Gasteiger partial charge < -0.3 is 24.6 Å². The maximum atomic E-state index is 11.8. The summed E-state index contributed by atoms with van der Waals surface area (Å²) in [7, 11) is 3.26. The van der Waals surface area contributed by atoms with Gasteiger partial charge in [-0.15, -0.1) is 11.8 Å². The molecule has 1 fully saturated rings. The quantitative estimate of drug-likeness (QED) is 0.259. The van der Waals surface area contributed by atoms with Gasteiger partial charge in [-0.25, -0.2) is 0 Å². The van der Waals surface area contributed by atoms with Gasteiger partial charge in [0.05, 0.1) is 37.3 Å². The van der Waals surface area contributed by atoms with Crippen molar-refractivity contribution in [2.24, 2.45) is 5.41 Å². The summed E-state index contributed by atoms with van der Waals surface area (Å²) in [6, 6.07) is 13.6. The largest absolute Gasteiger partial charge is 0.497 e. The molecule has 1 atom stereocenters. The molecule has 0 radical (unpaired) electrons. The fraction of sp³-hybridized carbons (Fsp3) is 0.448. The molecule has 0 amide bonds. The Labute approximate surface area is 233 Å². The van der Waals surface area contributed by atoms with E-state index in [1.54, 1.807) is 20.4 Å². The Morgan fingerprint density at radius 2 is 1.82 bits per heavy atom. The molecule has 4 rings (SSSR count). The number of carboxylic acids is 1. The number of ether oxygens (including phenoxy) is 2. The zero-order valence-electron chi connectivity index (χ0n) is 21.9. The lowest BCUT2D eigenvalue weighted by molar-refractivity contribution is -0.141. The van der Waals surface area contributed by atoms with Crippen LogP contribution in [-0.4, -0.2) is 65.7 Å². The molecule has 0 saturated carbocycles. The van der Waals surface area contributed by atoms with Crippen LogP contribution < -0.4 is 9.47 Å². The lowest BCUT2D eigenvalue weighted by atomic mass is 9.71. The topological polar surface area (TPSA) is 92.1 Å². The minimum atomic E-state index is -0.829. The van der Waals surface area contributed by atoms with Crippen LogP contribution in [0.2, 0.25) is 5.02 Å². The summed E-state index contributed by atoms with van der Waals surface area (Å²) in [5.41, 5.74) is 0.999. The van der Waals surface area contributed by atoms with Crippen LogP contribution in [0.25, 0.3) is 10.9 Å². The van der Waals surface area contributed by atoms with Crippen molar-refractivity contribution in [2.75, 3.05) is 39.6 Å². The van der Waals surface area contributed by atoms with Crippen molar-refractivity contribution in [1.82, 2.24) is 9.88 Å². The Balaban J connectivity index is 1.36. The number of aliphatic hydroxyl groups is 1. The Morgan fingerprint density at radius 1 is 1.13 bits per heavy atom. The number of benzene rings is 2. The molecule has 0 spiro atoms. The van der Waals surface area contributed by atoms with Crippen LogP contribution >= 0.6 is 23.4 Å². The Kier molecular flexibility index (Phi) is 9.76. The standard InChI is InChI=1S/C29H35ClN2O5S/c1-36-20-3-6-22(7-4-20)38-16-15-32-13-11-29(12-14-32,18-27(34)35)10-9-26(33)28-23-17-21(37-2)5-8-25(23)31-19-24(28)30/h3-8,17,19,26,33H,9-16,18H2,1-2H3,(H,34,35)/t26-/m0/s1. The number of hydrogen-bond donors (Lipinski definition) is 2. The van der Waals surface area contributed by atoms with Gasteiger partial charge in [-0.2, -0.15) is 0 Å². The van der Waals surface area contributed by atoms with Gasteiger partial charge in [0.1, 0.15) is 11.5 Å². The number of pyridine rings is 1. The third-order valence-electron chi connectivity index (χ3n) is 7.53. The van der Waals surface area contributed by atoms with Gasteiger partial charge in [0, 0.05) is 34.3 Å². The van der Waals surface area contributed by atoms with Crippen molar-refractivity contribution in [3.63, 3.8) is 0 Å². The number of rotatable bonds is 12. The van der Waals surface area contributed by atoms with E-state index in [2.05, 4.69) is 22.0 Å². The molecular formula is C29H35ClN2O5S. The highest BCUT2D eigenvalue weighted by Gasteiger charge is 2.37. The highest BCUT2D eigenvalue weighted by Crippen LogP contribution is 2.43. The third kappa shape index (κ3) is 7.11. The Hall–Kier alpha value is -2.52. The van der Waals surface area contributed by atoms with Gasteiger partial charge in [0.2, 0.25) is 0 Å². The maximum absolute atomic E-state index is 11.8. The predicted molar refractivity (Wildman–Crippen MR) is 152 cm³/mol. The Bertz CT molecular complexity index is 1230. The second kappa shape index (κ2) is 13.0. The number of methoxy groups -OCH3 is 2. The normalized spacial score (nSPS) is 16.3. The molecule has 2 N–H and O–H groups in total. The van der Waals surface area contributed by atoms with E-state index in [0.29, 0.717) is 29.2 Å². The molecule has 3 aromatic rings. The molecule has 9 heteroatoms. The lowest BCUT2D eigenvalue weighted by Crippen LogP contribution is -2.42. The molecule has 0 unspecified atom stereocenters. The van der Waals surface area contributed by atoms with E-state index in [4.69, 9.17) is 21.1 Å². The predicted octanol–water partition coefficient (Wildman–Crippen LogP) is 6.07. The SMILES string of the molecule is COc1ccc(SCCN2CCC(CC[C@H](O)c3c(Cl)cnc4ccc(OC)cc34)(CC(=O)O)CC2)cc1. The fourth-order valence-corrected chi connectivity index (χ4v) is 6.46. The number of piperidine rings is 1. The van der Waals surface area contributed by atoms with Gasteiger partial charge in [-0.1, -0.05) is 11.6 Å². The second-order valence-electron chi connectivity index (χ2n) is 9.89. The maximum Gasteiger partial charge on any atom is 0.303 e. The first kappa shape index (κ1) is 28.5. The van der Waals surface area contributed by atoms with E-state index in [-0.39, 0.29) is 11.8 Å². The van der Waals surface area contributed by atoms with Gasteiger partial charge in [-0.3, -0.25) is 9.78 Å². The highest BCUT2D eigenvalue weighted by molar-refractivity contribution is 7.99. The van der Waals surface area contributed by atoms with Crippen LogP contribution in [-0.2, 0) is 4.79 Å². The van der Waals surface area contributed by atoms with Crippen LogP contribution in [0, 0.1) is 5.41 Å². The van der Waals surface area contributed by atoms with Gasteiger partial charge in [-0.05, 0) is 86.7 Å². The molecule has 1 aliphatic heterocycles. The molecule has 7 nitrogen and oxygen atoms in total. The van der Waals surface area contributed by atoms with Crippen LogP contribution in [0.3, 0.4) is 0 Å². The van der Waals surface area contributed by atoms with E-state index >= 15 is 0 Å². The zero-order chi connectivity index (χ0) is 27.1. The fourth-order valence-electron chi connectivity index (χ4n) is 5.27. The van der Waals surface area contributed by atoms with Crippen LogP contribution in [0.5, 0.6) is 11.5 Å². The van der Waals surface area contributed by atoms with E-state index in [0.717, 1.165) is 54.9 Å². The van der Waals surface area contributed by atoms with Crippen molar-refractivity contribution in [1.29, 1.82) is 0 Å². The molecule has 2 aromatic carbocycles. The average molecular weight is 559 g/mol. The Morgan fingerprint density at radius 3 is 2.47 bits per heavy atom. The van der Waals surface area contributed by atoms with Crippen molar-refractivity contribution in [3.05, 3.63) is 59.2 Å². The van der Waals surface area contributed by atoms with Crippen molar-refractivity contribution in [2.45, 2.75) is 43.1 Å². The number of hydrogen-bond acceptors (Lipinski definition) is 7. The zero-order valence-corrected chi connectivity index (χ0v) is 23.4. The highest BCUT2D eigenvalue weighted by atomic mass is 35.5. The number of fused-ring (bicyclic) bond motifs is 1. The molecular weight excluding hydrogens is 524 g/mol. The van der Waals surface area contributed by atoms with E-state index in [1.807, 2.05) is 42.1 Å². The first-order valence-electron chi connectivity index (χ1n) is 12.8. The van der Waals surface area contributed by atoms with Crippen molar-refractivity contribution in [3.8, 4) is 11.5 Å². The van der Waals surface area contributed by atoms with Crippen LogP contribution in [0.15, 0.2) is 53.6 Å². The number of carbonyl (C=O) groups is 1. The number of thioether (sulfide) groups is 1. The van der Waals surface area contributed by atoms with Gasteiger partial charge in [0.25, 0.3) is 0 Å². The minimum Gasteiger partial charge on any atom is -0.497 e. The van der Waals surface area contributed by atoms with Crippen LogP contribution in [0.1, 0.15) is 43.8 Å². The number of aliphatic hydroxyl groups excluding tert-OH is 1. The van der Waals surface area contributed by atoms with Crippen molar-refractivity contribution < 1.29 is 24.5 Å². The summed E-state index contributed by atoms with van der Waals surface area (Å²) >= 11 is 8.30. The number of halogens is 1. The van der Waals surface area contributed by atoms with E-state index in [1.165, 1.54) is 4.90 Å². The van der Waals surface area contributed by atoms with Crippen LogP contribution in [0.4, 0.5) is 0 Å². The number of carboxylic acid groups (broad SMARTS) is 1. The first-order valence-corrected chi connectivity index (χ1v) is 14.2. The van der Waals surface area contributed by atoms with Gasteiger partial charge >= 0.3 is 5.97 Å². The number of nitrogens with zero attached hydrogens (tertiary/aromatic N) is 2. The minimum absolute atomic E-state index is 0.104. The third-order valence-corrected chi connectivity index (χ3v) is 8.82. The molecule has 1 saturated heterocycles.